The smallest absolute Gasteiger partial charge is 0.226 e. The van der Waals surface area contributed by atoms with E-state index in [1.807, 2.05) is 50.2 Å². The van der Waals surface area contributed by atoms with Gasteiger partial charge in [0.25, 0.3) is 0 Å². The molecule has 0 spiro atoms. The van der Waals surface area contributed by atoms with Crippen LogP contribution in [-0.4, -0.2) is 23.9 Å². The number of ether oxygens (including phenoxy) is 1. The highest BCUT2D eigenvalue weighted by atomic mass is 16.5. The van der Waals surface area contributed by atoms with Crippen LogP contribution in [0.25, 0.3) is 10.8 Å². The summed E-state index contributed by atoms with van der Waals surface area (Å²) in [7, 11) is 0. The van der Waals surface area contributed by atoms with Crippen molar-refractivity contribution in [3.05, 3.63) is 107 Å². The first-order valence-electron chi connectivity index (χ1n) is 13.8. The van der Waals surface area contributed by atoms with E-state index in [1.165, 1.54) is 21.9 Å². The van der Waals surface area contributed by atoms with Crippen LogP contribution in [0.15, 0.2) is 84.9 Å². The second-order valence-corrected chi connectivity index (χ2v) is 10.7. The lowest BCUT2D eigenvalue weighted by Crippen LogP contribution is -2.32. The number of fused-ring (bicyclic) bond motifs is 1. The number of nitriles is 1. The van der Waals surface area contributed by atoms with E-state index < -0.39 is 0 Å². The Morgan fingerprint density at radius 3 is 2.51 bits per heavy atom. The third-order valence-corrected chi connectivity index (χ3v) is 7.59. The van der Waals surface area contributed by atoms with Crippen molar-refractivity contribution >= 4 is 22.4 Å². The lowest BCUT2D eigenvalue weighted by atomic mass is 9.89. The minimum Gasteiger partial charge on any atom is -0.489 e. The number of benzene rings is 4. The fraction of sp³-hybridized carbons (Fsp3) is 0.294. The number of amides is 1. The molecular formula is C34H35N3O2. The van der Waals surface area contributed by atoms with Gasteiger partial charge in [-0.1, -0.05) is 68.4 Å². The molecule has 1 fully saturated rings. The molecule has 0 aromatic heterocycles. The second kappa shape index (κ2) is 12.1. The number of carbonyl (C=O) groups excluding carboxylic acids is 1. The summed E-state index contributed by atoms with van der Waals surface area (Å²) in [6, 6.07) is 30.8. The van der Waals surface area contributed by atoms with Crippen molar-refractivity contribution in [2.75, 3.05) is 18.4 Å². The van der Waals surface area contributed by atoms with Crippen molar-refractivity contribution in [2.24, 2.45) is 5.92 Å². The number of likely N-dealkylation sites (tertiary alicyclic amines) is 1. The third kappa shape index (κ3) is 6.47. The van der Waals surface area contributed by atoms with Crippen molar-refractivity contribution in [3.8, 4) is 11.8 Å². The summed E-state index contributed by atoms with van der Waals surface area (Å²) in [5, 5.41) is 14.6. The zero-order chi connectivity index (χ0) is 27.2. The molecule has 1 aliphatic rings. The van der Waals surface area contributed by atoms with Crippen LogP contribution in [0.5, 0.6) is 5.75 Å². The van der Waals surface area contributed by atoms with Crippen molar-refractivity contribution in [2.45, 2.75) is 45.8 Å². The first-order valence-corrected chi connectivity index (χ1v) is 13.8. The fourth-order valence-electron chi connectivity index (χ4n) is 5.26. The number of anilines is 1. The summed E-state index contributed by atoms with van der Waals surface area (Å²) in [4.78, 5) is 14.7. The molecule has 1 aliphatic heterocycles. The predicted octanol–water partition coefficient (Wildman–Crippen LogP) is 7.26. The monoisotopic (exact) mass is 517 g/mol. The standard InChI is InChI=1S/C34H35N3O2/c1-24(2)34(38)36-30-8-5-7-29(20-30)27-16-18-37(19-17-27)22-32-31-9-4-3-6-28(31)14-15-33(32)39-23-26-12-10-25(21-35)11-13-26/h3-15,20,24,27H,16-19,22-23H2,1-2H3,(H,36,38). The molecule has 0 unspecified atom stereocenters. The summed E-state index contributed by atoms with van der Waals surface area (Å²) >= 11 is 0. The topological polar surface area (TPSA) is 65.4 Å². The van der Waals surface area contributed by atoms with Crippen LogP contribution in [0, 0.1) is 17.2 Å². The molecule has 5 heteroatoms. The van der Waals surface area contributed by atoms with Gasteiger partial charge < -0.3 is 10.1 Å². The summed E-state index contributed by atoms with van der Waals surface area (Å²) in [6.45, 7) is 7.13. The van der Waals surface area contributed by atoms with Crippen LogP contribution in [-0.2, 0) is 17.9 Å². The van der Waals surface area contributed by atoms with Crippen LogP contribution in [0.4, 0.5) is 5.69 Å². The highest BCUT2D eigenvalue weighted by Crippen LogP contribution is 2.34. The van der Waals surface area contributed by atoms with E-state index in [-0.39, 0.29) is 11.8 Å². The van der Waals surface area contributed by atoms with Gasteiger partial charge in [0.1, 0.15) is 12.4 Å². The molecule has 39 heavy (non-hydrogen) atoms. The first-order chi connectivity index (χ1) is 19.0. The van der Waals surface area contributed by atoms with Crippen LogP contribution >= 0.6 is 0 Å². The summed E-state index contributed by atoms with van der Waals surface area (Å²) in [5.74, 6) is 1.41. The van der Waals surface area contributed by atoms with Crippen molar-refractivity contribution < 1.29 is 9.53 Å². The van der Waals surface area contributed by atoms with Gasteiger partial charge in [0.15, 0.2) is 0 Å². The fourth-order valence-corrected chi connectivity index (χ4v) is 5.26. The Morgan fingerprint density at radius 2 is 1.77 bits per heavy atom. The number of hydrogen-bond acceptors (Lipinski definition) is 4. The van der Waals surface area contributed by atoms with Gasteiger partial charge in [-0.2, -0.15) is 5.26 Å². The Kier molecular flexibility index (Phi) is 8.24. The van der Waals surface area contributed by atoms with Gasteiger partial charge in [0.2, 0.25) is 5.91 Å². The Hall–Kier alpha value is -4.14. The molecule has 0 bridgehead atoms. The minimum absolute atomic E-state index is 0.0380. The van der Waals surface area contributed by atoms with Crippen LogP contribution in [0.2, 0.25) is 0 Å². The molecule has 1 saturated heterocycles. The van der Waals surface area contributed by atoms with E-state index in [0.29, 0.717) is 18.1 Å². The van der Waals surface area contributed by atoms with Gasteiger partial charge >= 0.3 is 0 Å². The van der Waals surface area contributed by atoms with Gasteiger partial charge in [-0.15, -0.1) is 0 Å². The van der Waals surface area contributed by atoms with Crippen LogP contribution in [0.3, 0.4) is 0 Å². The van der Waals surface area contributed by atoms with E-state index in [2.05, 4.69) is 64.8 Å². The van der Waals surface area contributed by atoms with Gasteiger partial charge in [0.05, 0.1) is 11.6 Å². The Balaban J connectivity index is 1.28. The van der Waals surface area contributed by atoms with Gasteiger partial charge in [-0.05, 0) is 84.1 Å². The average Bonchev–Trinajstić information content (AvgIpc) is 2.97. The molecule has 198 valence electrons. The molecular weight excluding hydrogens is 482 g/mol. The molecule has 4 aromatic rings. The Morgan fingerprint density at radius 1 is 1.00 bits per heavy atom. The highest BCUT2D eigenvalue weighted by molar-refractivity contribution is 5.92. The maximum absolute atomic E-state index is 12.2. The molecule has 1 N–H and O–H groups in total. The highest BCUT2D eigenvalue weighted by Gasteiger charge is 2.23. The molecule has 1 heterocycles. The van der Waals surface area contributed by atoms with E-state index in [4.69, 9.17) is 10.00 Å². The minimum atomic E-state index is -0.0380. The Bertz CT molecular complexity index is 1480. The molecule has 1 amide bonds. The predicted molar refractivity (Wildman–Crippen MR) is 157 cm³/mol. The number of hydrogen-bond donors (Lipinski definition) is 1. The number of carbonyl (C=O) groups is 1. The maximum atomic E-state index is 12.2. The zero-order valence-corrected chi connectivity index (χ0v) is 22.7. The van der Waals surface area contributed by atoms with E-state index in [1.54, 1.807) is 0 Å². The normalized spacial score (nSPS) is 14.3. The van der Waals surface area contributed by atoms with Crippen molar-refractivity contribution in [1.29, 1.82) is 5.26 Å². The van der Waals surface area contributed by atoms with Crippen LogP contribution in [0.1, 0.15) is 54.9 Å². The summed E-state index contributed by atoms with van der Waals surface area (Å²) < 4.78 is 6.35. The van der Waals surface area contributed by atoms with E-state index in [9.17, 15) is 4.79 Å². The number of nitrogens with one attached hydrogen (secondary N) is 1. The molecule has 5 rings (SSSR count). The number of rotatable bonds is 8. The third-order valence-electron chi connectivity index (χ3n) is 7.59. The van der Waals surface area contributed by atoms with E-state index >= 15 is 0 Å². The van der Waals surface area contributed by atoms with Gasteiger partial charge in [-0.25, -0.2) is 0 Å². The largest absolute Gasteiger partial charge is 0.489 e. The Labute approximate surface area is 231 Å². The molecule has 0 aliphatic carbocycles. The zero-order valence-electron chi connectivity index (χ0n) is 22.7. The van der Waals surface area contributed by atoms with Gasteiger partial charge in [0, 0.05) is 23.7 Å². The maximum Gasteiger partial charge on any atom is 0.226 e. The lowest BCUT2D eigenvalue weighted by molar-refractivity contribution is -0.118. The number of piperidine rings is 1. The van der Waals surface area contributed by atoms with Crippen molar-refractivity contribution in [1.82, 2.24) is 4.90 Å². The summed E-state index contributed by atoms with van der Waals surface area (Å²) in [5.41, 5.74) is 5.10. The van der Waals surface area contributed by atoms with Crippen molar-refractivity contribution in [3.63, 3.8) is 0 Å². The number of nitrogens with zero attached hydrogens (tertiary/aromatic N) is 2. The second-order valence-electron chi connectivity index (χ2n) is 10.7. The molecule has 4 aromatic carbocycles. The molecule has 0 saturated carbocycles. The van der Waals surface area contributed by atoms with Gasteiger partial charge in [-0.3, -0.25) is 9.69 Å². The quantitative estimate of drug-likeness (QED) is 0.267. The van der Waals surface area contributed by atoms with Crippen LogP contribution < -0.4 is 10.1 Å². The van der Waals surface area contributed by atoms with E-state index in [0.717, 1.165) is 49.5 Å². The lowest BCUT2D eigenvalue weighted by Gasteiger charge is -2.33. The average molecular weight is 518 g/mol. The molecule has 0 radical (unpaired) electrons. The molecule has 0 atom stereocenters. The summed E-state index contributed by atoms with van der Waals surface area (Å²) in [6.07, 6.45) is 2.15. The SMILES string of the molecule is CC(C)C(=O)Nc1cccc(C2CCN(Cc3c(OCc4ccc(C#N)cc4)ccc4ccccc34)CC2)c1. The first kappa shape index (κ1) is 26.5. The molecule has 5 nitrogen and oxygen atoms in total.